The molecule has 27 heavy (non-hydrogen) atoms. The first-order chi connectivity index (χ1) is 13.1. The number of hydrogen-bond acceptors (Lipinski definition) is 5. The van der Waals surface area contributed by atoms with E-state index in [1.54, 1.807) is 31.5 Å². The molecule has 3 aromatic rings. The van der Waals surface area contributed by atoms with Crippen molar-refractivity contribution < 1.29 is 9.94 Å². The fourth-order valence-corrected chi connectivity index (χ4v) is 3.15. The molecule has 0 atom stereocenters. The largest absolute Gasteiger partial charge is 0.494 e. The van der Waals surface area contributed by atoms with Crippen molar-refractivity contribution in [2.75, 3.05) is 13.7 Å². The molecule has 2 aromatic carbocycles. The number of hydrogen-bond donors (Lipinski definition) is 3. The number of pyridine rings is 1. The van der Waals surface area contributed by atoms with Gasteiger partial charge in [-0.15, -0.1) is 0 Å². The monoisotopic (exact) mass is 429 g/mol. The summed E-state index contributed by atoms with van der Waals surface area (Å²) in [5, 5.41) is 11.3. The van der Waals surface area contributed by atoms with Gasteiger partial charge in [0.1, 0.15) is 0 Å². The third-order valence-corrected chi connectivity index (χ3v) is 4.66. The Morgan fingerprint density at radius 2 is 2.00 bits per heavy atom. The van der Waals surface area contributed by atoms with Gasteiger partial charge in [-0.2, -0.15) is 0 Å². The van der Waals surface area contributed by atoms with Gasteiger partial charge < -0.3 is 9.94 Å². The molecule has 0 saturated carbocycles. The van der Waals surface area contributed by atoms with Crippen LogP contribution in [0, 0.1) is 0 Å². The molecule has 1 heterocycles. The van der Waals surface area contributed by atoms with Crippen LogP contribution in [-0.4, -0.2) is 30.0 Å². The number of nitrogens with zero attached hydrogens (tertiary/aromatic N) is 1. The summed E-state index contributed by atoms with van der Waals surface area (Å²) < 4.78 is 0.821. The van der Waals surface area contributed by atoms with E-state index in [1.165, 1.54) is 5.56 Å². The number of nitrogens with one attached hydrogen (secondary N) is 2. The van der Waals surface area contributed by atoms with Crippen LogP contribution in [0.4, 0.5) is 5.69 Å². The zero-order chi connectivity index (χ0) is 19.2. The Morgan fingerprint density at radius 3 is 2.74 bits per heavy atom. The second-order valence-corrected chi connectivity index (χ2v) is 6.95. The average Bonchev–Trinajstić information content (AvgIpc) is 2.66. The van der Waals surface area contributed by atoms with E-state index < -0.39 is 0 Å². The SMILES string of the molecule is CONCCCc1ccc(N=Cc2c(O)[nH]c(=O)c3ccc(Br)cc23)cc1. The predicted molar refractivity (Wildman–Crippen MR) is 111 cm³/mol. The van der Waals surface area contributed by atoms with Gasteiger partial charge in [-0.3, -0.25) is 14.8 Å². The Morgan fingerprint density at radius 1 is 1.22 bits per heavy atom. The van der Waals surface area contributed by atoms with Crippen LogP contribution in [0.2, 0.25) is 0 Å². The van der Waals surface area contributed by atoms with Crippen molar-refractivity contribution in [1.29, 1.82) is 0 Å². The lowest BCUT2D eigenvalue weighted by atomic mass is 10.1. The van der Waals surface area contributed by atoms with Crippen LogP contribution in [-0.2, 0) is 11.3 Å². The molecule has 7 heteroatoms. The molecule has 6 nitrogen and oxygen atoms in total. The summed E-state index contributed by atoms with van der Waals surface area (Å²) in [7, 11) is 1.61. The van der Waals surface area contributed by atoms with Gasteiger partial charge in [-0.25, -0.2) is 5.48 Å². The second kappa shape index (κ2) is 8.94. The highest BCUT2D eigenvalue weighted by atomic mass is 79.9. The number of rotatable bonds is 7. The number of aryl methyl sites for hydroxylation is 1. The van der Waals surface area contributed by atoms with Crippen LogP contribution < -0.4 is 11.0 Å². The zero-order valence-corrected chi connectivity index (χ0v) is 16.4. The molecule has 0 spiro atoms. The lowest BCUT2D eigenvalue weighted by Gasteiger charge is -2.05. The van der Waals surface area contributed by atoms with Crippen molar-refractivity contribution in [3.63, 3.8) is 0 Å². The molecule has 0 bridgehead atoms. The average molecular weight is 430 g/mol. The van der Waals surface area contributed by atoms with Crippen molar-refractivity contribution >= 4 is 38.6 Å². The molecule has 3 N–H and O–H groups in total. The van der Waals surface area contributed by atoms with Gasteiger partial charge in [-0.1, -0.05) is 28.1 Å². The van der Waals surface area contributed by atoms with Gasteiger partial charge >= 0.3 is 0 Å². The summed E-state index contributed by atoms with van der Waals surface area (Å²) in [6.45, 7) is 0.796. The summed E-state index contributed by atoms with van der Waals surface area (Å²) in [6, 6.07) is 13.2. The van der Waals surface area contributed by atoms with E-state index in [9.17, 15) is 9.90 Å². The molecule has 140 valence electrons. The fourth-order valence-electron chi connectivity index (χ4n) is 2.79. The van der Waals surface area contributed by atoms with E-state index in [0.29, 0.717) is 16.3 Å². The number of halogens is 1. The normalized spacial score (nSPS) is 11.5. The third kappa shape index (κ3) is 4.82. The summed E-state index contributed by atoms with van der Waals surface area (Å²) in [4.78, 5) is 23.7. The Kier molecular flexibility index (Phi) is 6.39. The van der Waals surface area contributed by atoms with Crippen molar-refractivity contribution in [2.45, 2.75) is 12.8 Å². The first kappa shape index (κ1) is 19.3. The number of H-pyrrole nitrogens is 1. The summed E-state index contributed by atoms with van der Waals surface area (Å²) in [5.74, 6) is -0.198. The zero-order valence-electron chi connectivity index (χ0n) is 14.8. The van der Waals surface area contributed by atoms with Gasteiger partial charge in [0, 0.05) is 28.0 Å². The highest BCUT2D eigenvalue weighted by molar-refractivity contribution is 9.10. The minimum atomic E-state index is -0.334. The molecule has 0 amide bonds. The van der Waals surface area contributed by atoms with Crippen molar-refractivity contribution in [3.05, 3.63) is 68.4 Å². The van der Waals surface area contributed by atoms with Crippen LogP contribution in [0.5, 0.6) is 5.88 Å². The minimum absolute atomic E-state index is 0.198. The standard InChI is InChI=1S/C20H20BrN3O3/c1-27-23-10-2-3-13-4-7-15(8-5-13)22-12-18-17-11-14(21)6-9-16(17)19(25)24-20(18)26/h4-9,11-12,23H,2-3,10H2,1H3,(H2,24,25,26). The molecule has 0 aliphatic rings. The molecule has 0 radical (unpaired) electrons. The maximum atomic E-state index is 12.0. The van der Waals surface area contributed by atoms with Gasteiger partial charge in [0.2, 0.25) is 5.88 Å². The third-order valence-electron chi connectivity index (χ3n) is 4.17. The molecule has 0 aliphatic carbocycles. The highest BCUT2D eigenvalue weighted by Gasteiger charge is 2.09. The van der Waals surface area contributed by atoms with E-state index in [-0.39, 0.29) is 11.4 Å². The Labute approximate surface area is 165 Å². The number of aliphatic imine (C=N–C) groups is 1. The van der Waals surface area contributed by atoms with Crippen LogP contribution in [0.1, 0.15) is 17.5 Å². The van der Waals surface area contributed by atoms with Crippen LogP contribution >= 0.6 is 15.9 Å². The number of fused-ring (bicyclic) bond motifs is 1. The van der Waals surface area contributed by atoms with E-state index in [4.69, 9.17) is 4.84 Å². The maximum Gasteiger partial charge on any atom is 0.258 e. The summed E-state index contributed by atoms with van der Waals surface area (Å²) in [6.07, 6.45) is 3.49. The van der Waals surface area contributed by atoms with Crippen molar-refractivity contribution in [2.24, 2.45) is 4.99 Å². The number of benzene rings is 2. The van der Waals surface area contributed by atoms with Gasteiger partial charge in [0.15, 0.2) is 0 Å². The topological polar surface area (TPSA) is 86.7 Å². The Hall–Kier alpha value is -2.48. The second-order valence-electron chi connectivity index (χ2n) is 6.03. The van der Waals surface area contributed by atoms with E-state index >= 15 is 0 Å². The molecule has 1 aromatic heterocycles. The molecule has 0 aliphatic heterocycles. The van der Waals surface area contributed by atoms with Gasteiger partial charge in [-0.05, 0) is 48.7 Å². The number of aromatic amines is 1. The fraction of sp³-hybridized carbons (Fsp3) is 0.200. The molecule has 3 rings (SSSR count). The lowest BCUT2D eigenvalue weighted by molar-refractivity contribution is 0.0911. The summed E-state index contributed by atoms with van der Waals surface area (Å²) in [5.41, 5.74) is 4.94. The Bertz CT molecular complexity index is 1010. The van der Waals surface area contributed by atoms with E-state index in [1.807, 2.05) is 24.3 Å². The van der Waals surface area contributed by atoms with Crippen LogP contribution in [0.25, 0.3) is 10.8 Å². The molecular weight excluding hydrogens is 410 g/mol. The summed E-state index contributed by atoms with van der Waals surface area (Å²) >= 11 is 3.40. The molecule has 0 saturated heterocycles. The smallest absolute Gasteiger partial charge is 0.258 e. The van der Waals surface area contributed by atoms with Crippen LogP contribution in [0.15, 0.2) is 56.7 Å². The van der Waals surface area contributed by atoms with Crippen LogP contribution in [0.3, 0.4) is 0 Å². The molecule has 0 fully saturated rings. The number of aromatic hydroxyl groups is 1. The number of aromatic nitrogens is 1. The van der Waals surface area contributed by atoms with Crippen molar-refractivity contribution in [1.82, 2.24) is 10.5 Å². The van der Waals surface area contributed by atoms with E-state index in [0.717, 1.165) is 29.5 Å². The predicted octanol–water partition coefficient (Wildman–Crippen LogP) is 3.83. The quantitative estimate of drug-likeness (QED) is 0.302. The van der Waals surface area contributed by atoms with E-state index in [2.05, 4.69) is 31.4 Å². The molecular formula is C20H20BrN3O3. The lowest BCUT2D eigenvalue weighted by Crippen LogP contribution is -2.13. The molecule has 0 unspecified atom stereocenters. The van der Waals surface area contributed by atoms with Gasteiger partial charge in [0.25, 0.3) is 5.56 Å². The maximum absolute atomic E-state index is 12.0. The first-order valence-corrected chi connectivity index (χ1v) is 9.31. The van der Waals surface area contributed by atoms with Crippen molar-refractivity contribution in [3.8, 4) is 5.88 Å². The number of hydroxylamine groups is 1. The minimum Gasteiger partial charge on any atom is -0.494 e. The Balaban J connectivity index is 1.82. The first-order valence-electron chi connectivity index (χ1n) is 8.52. The highest BCUT2D eigenvalue weighted by Crippen LogP contribution is 2.25. The van der Waals surface area contributed by atoms with Gasteiger partial charge in [0.05, 0.1) is 18.4 Å².